The summed E-state index contributed by atoms with van der Waals surface area (Å²) in [5, 5.41) is 13.1. The van der Waals surface area contributed by atoms with E-state index in [-0.39, 0.29) is 12.5 Å². The molecule has 2 N–H and O–H groups in total. The van der Waals surface area contributed by atoms with E-state index in [0.29, 0.717) is 6.54 Å². The second-order valence-corrected chi connectivity index (χ2v) is 4.18. The van der Waals surface area contributed by atoms with Crippen LogP contribution >= 0.6 is 11.3 Å². The maximum absolute atomic E-state index is 11.2. The number of aliphatic carboxylic acids is 1. The molecule has 0 unspecified atom stereocenters. The van der Waals surface area contributed by atoms with Crippen LogP contribution in [0.25, 0.3) is 0 Å². The summed E-state index contributed by atoms with van der Waals surface area (Å²) in [6.45, 7) is 1.59. The first-order chi connectivity index (χ1) is 7.59. The number of carboxylic acids is 1. The predicted octanol–water partition coefficient (Wildman–Crippen LogP) is 0.854. The van der Waals surface area contributed by atoms with E-state index in [4.69, 9.17) is 9.84 Å². The van der Waals surface area contributed by atoms with Crippen molar-refractivity contribution in [3.8, 4) is 0 Å². The third-order valence-corrected chi connectivity index (χ3v) is 2.73. The van der Waals surface area contributed by atoms with Gasteiger partial charge in [-0.1, -0.05) is 6.07 Å². The van der Waals surface area contributed by atoms with Crippen LogP contribution < -0.4 is 5.32 Å². The van der Waals surface area contributed by atoms with Gasteiger partial charge in [-0.3, -0.25) is 4.79 Å². The first-order valence-electron chi connectivity index (χ1n) is 4.73. The molecule has 1 amide bonds. The first-order valence-corrected chi connectivity index (χ1v) is 5.61. The summed E-state index contributed by atoms with van der Waals surface area (Å²) in [6.07, 6.45) is -0.965. The minimum absolute atomic E-state index is 0.237. The number of hydrogen-bond donors (Lipinski definition) is 2. The van der Waals surface area contributed by atoms with E-state index in [0.717, 1.165) is 4.88 Å². The van der Waals surface area contributed by atoms with E-state index in [9.17, 15) is 9.59 Å². The van der Waals surface area contributed by atoms with Gasteiger partial charge in [0.1, 0.15) is 6.61 Å². The molecule has 0 aromatic carbocycles. The number of carboxylic acid groups (broad SMARTS) is 1. The summed E-state index contributed by atoms with van der Waals surface area (Å²) in [4.78, 5) is 22.7. The Kier molecular flexibility index (Phi) is 4.94. The first kappa shape index (κ1) is 12.7. The lowest BCUT2D eigenvalue weighted by Gasteiger charge is -2.08. The van der Waals surface area contributed by atoms with Crippen molar-refractivity contribution in [2.24, 2.45) is 0 Å². The third-order valence-electron chi connectivity index (χ3n) is 1.85. The van der Waals surface area contributed by atoms with Gasteiger partial charge in [-0.15, -0.1) is 11.3 Å². The van der Waals surface area contributed by atoms with Gasteiger partial charge >= 0.3 is 5.97 Å². The molecule has 1 heterocycles. The van der Waals surface area contributed by atoms with Crippen molar-refractivity contribution in [1.82, 2.24) is 5.32 Å². The third kappa shape index (κ3) is 4.41. The highest BCUT2D eigenvalue weighted by Gasteiger charge is 2.12. The topological polar surface area (TPSA) is 75.6 Å². The van der Waals surface area contributed by atoms with Gasteiger partial charge in [-0.25, -0.2) is 4.79 Å². The summed E-state index contributed by atoms with van der Waals surface area (Å²) in [6, 6.07) is 3.81. The molecule has 0 saturated heterocycles. The van der Waals surface area contributed by atoms with Crippen LogP contribution in [0.1, 0.15) is 11.8 Å². The highest BCUT2D eigenvalue weighted by Crippen LogP contribution is 2.07. The highest BCUT2D eigenvalue weighted by molar-refractivity contribution is 7.09. The molecular formula is C10H13NO4S. The molecular weight excluding hydrogens is 230 g/mol. The van der Waals surface area contributed by atoms with Gasteiger partial charge < -0.3 is 15.2 Å². The SMILES string of the molecule is C[C@@H](OCC(=O)NCc1cccs1)C(=O)O. The predicted molar refractivity (Wildman–Crippen MR) is 59.2 cm³/mol. The zero-order chi connectivity index (χ0) is 12.0. The standard InChI is InChI=1S/C10H13NO4S/c1-7(10(13)14)15-6-9(12)11-5-8-3-2-4-16-8/h2-4,7H,5-6H2,1H3,(H,11,12)(H,13,14)/t7-/m1/s1. The molecule has 16 heavy (non-hydrogen) atoms. The van der Waals surface area contributed by atoms with E-state index < -0.39 is 12.1 Å². The molecule has 0 fully saturated rings. The van der Waals surface area contributed by atoms with E-state index in [2.05, 4.69) is 5.32 Å². The smallest absolute Gasteiger partial charge is 0.332 e. The van der Waals surface area contributed by atoms with Crippen LogP contribution in [0.15, 0.2) is 17.5 Å². The van der Waals surface area contributed by atoms with Gasteiger partial charge in [-0.2, -0.15) is 0 Å². The Morgan fingerprint density at radius 3 is 2.94 bits per heavy atom. The van der Waals surface area contributed by atoms with Gasteiger partial charge in [0, 0.05) is 4.88 Å². The quantitative estimate of drug-likeness (QED) is 0.776. The normalized spacial score (nSPS) is 12.1. The Labute approximate surface area is 97.0 Å². The number of rotatable bonds is 6. The van der Waals surface area contributed by atoms with Crippen LogP contribution in [0.5, 0.6) is 0 Å². The zero-order valence-corrected chi connectivity index (χ0v) is 9.62. The molecule has 0 radical (unpaired) electrons. The molecule has 0 aliphatic carbocycles. The van der Waals surface area contributed by atoms with E-state index >= 15 is 0 Å². The Bertz CT molecular complexity index is 350. The van der Waals surface area contributed by atoms with Crippen molar-refractivity contribution in [3.05, 3.63) is 22.4 Å². The zero-order valence-electron chi connectivity index (χ0n) is 8.80. The van der Waals surface area contributed by atoms with E-state index in [1.165, 1.54) is 6.92 Å². The molecule has 6 heteroatoms. The second-order valence-electron chi connectivity index (χ2n) is 3.15. The van der Waals surface area contributed by atoms with Gasteiger partial charge in [0.2, 0.25) is 5.91 Å². The van der Waals surface area contributed by atoms with Crippen LogP contribution in [0, 0.1) is 0 Å². The van der Waals surface area contributed by atoms with Crippen molar-refractivity contribution in [2.45, 2.75) is 19.6 Å². The number of carbonyl (C=O) groups is 2. The van der Waals surface area contributed by atoms with E-state index in [1.54, 1.807) is 11.3 Å². The summed E-state index contributed by atoms with van der Waals surface area (Å²) in [5.41, 5.74) is 0. The van der Waals surface area contributed by atoms with Crippen LogP contribution in [-0.4, -0.2) is 29.7 Å². The maximum atomic E-state index is 11.2. The number of thiophene rings is 1. The maximum Gasteiger partial charge on any atom is 0.332 e. The fourth-order valence-corrected chi connectivity index (χ4v) is 1.57. The van der Waals surface area contributed by atoms with Crippen LogP contribution in [0.3, 0.4) is 0 Å². The van der Waals surface area contributed by atoms with Gasteiger partial charge in [-0.05, 0) is 18.4 Å². The van der Waals surface area contributed by atoms with E-state index in [1.807, 2.05) is 17.5 Å². The Balaban J connectivity index is 2.19. The average Bonchev–Trinajstić information content (AvgIpc) is 2.75. The fraction of sp³-hybridized carbons (Fsp3) is 0.400. The van der Waals surface area contributed by atoms with Crippen molar-refractivity contribution in [2.75, 3.05) is 6.61 Å². The Morgan fingerprint density at radius 2 is 2.38 bits per heavy atom. The second kappa shape index (κ2) is 6.24. The van der Waals surface area contributed by atoms with Crippen LogP contribution in [0.2, 0.25) is 0 Å². The summed E-state index contributed by atoms with van der Waals surface area (Å²) in [5.74, 6) is -1.40. The number of carbonyl (C=O) groups excluding carboxylic acids is 1. The minimum Gasteiger partial charge on any atom is -0.479 e. The van der Waals surface area contributed by atoms with Gasteiger partial charge in [0.25, 0.3) is 0 Å². The summed E-state index contributed by atoms with van der Waals surface area (Å²) < 4.78 is 4.83. The summed E-state index contributed by atoms with van der Waals surface area (Å²) >= 11 is 1.54. The number of hydrogen-bond acceptors (Lipinski definition) is 4. The molecule has 0 aliphatic rings. The molecule has 5 nitrogen and oxygen atoms in total. The van der Waals surface area contributed by atoms with Crippen molar-refractivity contribution >= 4 is 23.2 Å². The molecule has 1 aromatic heterocycles. The molecule has 0 spiro atoms. The Hall–Kier alpha value is -1.40. The molecule has 0 saturated carbocycles. The lowest BCUT2D eigenvalue weighted by molar-refractivity contribution is -0.150. The van der Waals surface area contributed by atoms with Crippen molar-refractivity contribution < 1.29 is 19.4 Å². The van der Waals surface area contributed by atoms with Gasteiger partial charge in [0.15, 0.2) is 6.10 Å². The van der Waals surface area contributed by atoms with Crippen LogP contribution in [0.4, 0.5) is 0 Å². The summed E-state index contributed by atoms with van der Waals surface area (Å²) in [7, 11) is 0. The number of nitrogens with one attached hydrogen (secondary N) is 1. The van der Waals surface area contributed by atoms with Gasteiger partial charge in [0.05, 0.1) is 6.54 Å². The Morgan fingerprint density at radius 1 is 1.62 bits per heavy atom. The molecule has 88 valence electrons. The molecule has 1 rings (SSSR count). The molecule has 1 atom stereocenters. The fourth-order valence-electron chi connectivity index (χ4n) is 0.922. The molecule has 1 aromatic rings. The highest BCUT2D eigenvalue weighted by atomic mass is 32.1. The molecule has 0 aliphatic heterocycles. The average molecular weight is 243 g/mol. The van der Waals surface area contributed by atoms with Crippen LogP contribution in [-0.2, 0) is 20.9 Å². The van der Waals surface area contributed by atoms with Crippen molar-refractivity contribution in [3.63, 3.8) is 0 Å². The lowest BCUT2D eigenvalue weighted by atomic mass is 10.4. The number of ether oxygens (including phenoxy) is 1. The lowest BCUT2D eigenvalue weighted by Crippen LogP contribution is -2.30. The van der Waals surface area contributed by atoms with Crippen molar-refractivity contribution in [1.29, 1.82) is 0 Å². The minimum atomic E-state index is -1.08. The number of amides is 1. The molecule has 0 bridgehead atoms. The largest absolute Gasteiger partial charge is 0.479 e. The monoisotopic (exact) mass is 243 g/mol.